The molecule has 0 aliphatic rings. The molecule has 154 valence electrons. The third kappa shape index (κ3) is 3.63. The molecule has 0 radical (unpaired) electrons. The third-order valence-corrected chi connectivity index (χ3v) is 4.99. The minimum Gasteiger partial charge on any atom is -0.364 e. The molecule has 0 aliphatic heterocycles. The Labute approximate surface area is 176 Å². The largest absolute Gasteiger partial charge is 0.364 e. The maximum absolute atomic E-state index is 14.0. The van der Waals surface area contributed by atoms with E-state index in [9.17, 15) is 8.78 Å². The summed E-state index contributed by atoms with van der Waals surface area (Å²) in [4.78, 5) is 8.85. The van der Waals surface area contributed by atoms with E-state index in [1.165, 1.54) is 18.2 Å². The van der Waals surface area contributed by atoms with Gasteiger partial charge in [-0.15, -0.1) is 5.10 Å². The van der Waals surface area contributed by atoms with Crippen molar-refractivity contribution in [3.05, 3.63) is 96.1 Å². The van der Waals surface area contributed by atoms with Crippen LogP contribution < -0.4 is 5.32 Å². The van der Waals surface area contributed by atoms with Gasteiger partial charge in [-0.05, 0) is 43.3 Å². The lowest BCUT2D eigenvalue weighted by atomic mass is 10.2. The first kappa shape index (κ1) is 18.9. The van der Waals surface area contributed by atoms with Crippen molar-refractivity contribution in [1.29, 1.82) is 0 Å². The number of hydrogen-bond donors (Lipinski definition) is 1. The van der Waals surface area contributed by atoms with Crippen LogP contribution in [0.5, 0.6) is 0 Å². The summed E-state index contributed by atoms with van der Waals surface area (Å²) in [6, 6.07) is 15.2. The molecule has 1 N–H and O–H groups in total. The predicted octanol–water partition coefficient (Wildman–Crippen LogP) is 4.78. The molecule has 8 heteroatoms. The van der Waals surface area contributed by atoms with Gasteiger partial charge < -0.3 is 9.72 Å². The highest BCUT2D eigenvalue weighted by atomic mass is 19.1. The van der Waals surface area contributed by atoms with Crippen LogP contribution in [-0.2, 0) is 6.54 Å². The van der Waals surface area contributed by atoms with E-state index in [0.717, 1.165) is 22.6 Å². The van der Waals surface area contributed by atoms with Crippen LogP contribution >= 0.6 is 0 Å². The van der Waals surface area contributed by atoms with Crippen molar-refractivity contribution in [3.8, 4) is 17.1 Å². The number of anilines is 1. The summed E-state index contributed by atoms with van der Waals surface area (Å²) in [5.41, 5.74) is 3.33. The zero-order valence-electron chi connectivity index (χ0n) is 16.6. The summed E-state index contributed by atoms with van der Waals surface area (Å²) in [5.74, 6) is -0.0753. The number of nitrogens with one attached hydrogen (secondary N) is 1. The Morgan fingerprint density at radius 1 is 1.00 bits per heavy atom. The molecule has 0 atom stereocenters. The molecule has 0 saturated carbocycles. The van der Waals surface area contributed by atoms with Gasteiger partial charge in [-0.25, -0.2) is 23.4 Å². The van der Waals surface area contributed by atoms with Crippen LogP contribution in [0.4, 0.5) is 14.6 Å². The van der Waals surface area contributed by atoms with Gasteiger partial charge in [0.05, 0.1) is 5.69 Å². The number of benzene rings is 1. The number of fused-ring (bicyclic) bond motifs is 1. The van der Waals surface area contributed by atoms with Crippen molar-refractivity contribution < 1.29 is 8.78 Å². The Balaban J connectivity index is 1.56. The van der Waals surface area contributed by atoms with E-state index in [2.05, 4.69) is 20.4 Å². The Morgan fingerprint density at radius 3 is 2.61 bits per heavy atom. The van der Waals surface area contributed by atoms with Crippen LogP contribution in [0, 0.1) is 18.6 Å². The number of imidazole rings is 1. The summed E-state index contributed by atoms with van der Waals surface area (Å²) in [5, 5.41) is 7.64. The molecular weight excluding hydrogens is 398 g/mol. The summed E-state index contributed by atoms with van der Waals surface area (Å²) in [7, 11) is 0. The quantitative estimate of drug-likeness (QED) is 0.448. The lowest BCUT2D eigenvalue weighted by molar-refractivity contribution is 0.560. The van der Waals surface area contributed by atoms with Crippen molar-refractivity contribution in [3.63, 3.8) is 0 Å². The van der Waals surface area contributed by atoms with Gasteiger partial charge in [-0.3, -0.25) is 0 Å². The van der Waals surface area contributed by atoms with E-state index in [1.54, 1.807) is 10.9 Å². The predicted molar refractivity (Wildman–Crippen MR) is 114 cm³/mol. The highest BCUT2D eigenvalue weighted by molar-refractivity contribution is 5.66. The molecule has 0 unspecified atom stereocenters. The Bertz CT molecular complexity index is 1370. The molecule has 0 bridgehead atoms. The van der Waals surface area contributed by atoms with Crippen LogP contribution in [0.2, 0.25) is 0 Å². The number of halogens is 2. The first-order valence-electron chi connectivity index (χ1n) is 9.72. The average molecular weight is 416 g/mol. The van der Waals surface area contributed by atoms with Crippen LogP contribution in [0.3, 0.4) is 0 Å². The highest BCUT2D eigenvalue weighted by Crippen LogP contribution is 2.26. The molecule has 4 aromatic heterocycles. The molecular formula is C23H18F2N6. The van der Waals surface area contributed by atoms with Gasteiger partial charge >= 0.3 is 0 Å². The molecule has 0 spiro atoms. The van der Waals surface area contributed by atoms with E-state index >= 15 is 0 Å². The normalized spacial score (nSPS) is 11.2. The Hall–Kier alpha value is -4.07. The second kappa shape index (κ2) is 7.64. The molecule has 31 heavy (non-hydrogen) atoms. The first-order valence-corrected chi connectivity index (χ1v) is 9.72. The smallest absolute Gasteiger partial charge is 0.154 e. The van der Waals surface area contributed by atoms with Crippen LogP contribution in [0.1, 0.15) is 11.3 Å². The summed E-state index contributed by atoms with van der Waals surface area (Å²) in [6.07, 6.45) is 5.55. The maximum Gasteiger partial charge on any atom is 0.154 e. The van der Waals surface area contributed by atoms with Gasteiger partial charge in [0.1, 0.15) is 23.1 Å². The molecule has 4 heterocycles. The minimum absolute atomic E-state index is 0.0310. The monoisotopic (exact) mass is 416 g/mol. The van der Waals surface area contributed by atoms with Gasteiger partial charge in [0.25, 0.3) is 0 Å². The Morgan fingerprint density at radius 2 is 1.81 bits per heavy atom. The van der Waals surface area contributed by atoms with Gasteiger partial charge in [0, 0.05) is 48.0 Å². The van der Waals surface area contributed by atoms with E-state index in [0.29, 0.717) is 11.6 Å². The van der Waals surface area contributed by atoms with Crippen molar-refractivity contribution >= 4 is 11.5 Å². The fourth-order valence-electron chi connectivity index (χ4n) is 3.45. The summed E-state index contributed by atoms with van der Waals surface area (Å²) in [6.45, 7) is 1.88. The van der Waals surface area contributed by atoms with E-state index in [1.807, 2.05) is 60.1 Å². The number of nitrogens with zero attached hydrogens (tertiary/aromatic N) is 5. The van der Waals surface area contributed by atoms with E-state index in [-0.39, 0.29) is 12.1 Å². The zero-order valence-corrected chi connectivity index (χ0v) is 16.6. The van der Waals surface area contributed by atoms with Gasteiger partial charge in [-0.1, -0.05) is 12.1 Å². The lowest BCUT2D eigenvalue weighted by Gasteiger charge is -2.08. The number of aromatic nitrogens is 5. The number of rotatable bonds is 5. The van der Waals surface area contributed by atoms with Gasteiger partial charge in [0.2, 0.25) is 0 Å². The SMILES string of the molecule is Cc1cccc(-n2nc(NCc3c(F)cccc3F)cc2-c2ccc3nccn3c2)n1. The molecule has 0 saturated heterocycles. The zero-order chi connectivity index (χ0) is 21.4. The minimum atomic E-state index is -0.599. The fraction of sp³-hybridized carbons (Fsp3) is 0.0870. The lowest BCUT2D eigenvalue weighted by Crippen LogP contribution is -2.06. The van der Waals surface area contributed by atoms with Crippen LogP contribution in [-0.4, -0.2) is 24.1 Å². The third-order valence-electron chi connectivity index (χ3n) is 4.99. The highest BCUT2D eigenvalue weighted by Gasteiger charge is 2.15. The van der Waals surface area contributed by atoms with Gasteiger partial charge in [0.15, 0.2) is 5.82 Å². The number of hydrogen-bond acceptors (Lipinski definition) is 4. The standard InChI is InChI=1S/C23H18F2N6/c1-15-4-2-7-23(28-15)31-20(16-8-9-22-26-10-11-30(22)14-16)12-21(29-31)27-13-17-18(24)5-3-6-19(17)25/h2-12,14H,13H2,1H3,(H,27,29). The van der Waals surface area contributed by atoms with E-state index in [4.69, 9.17) is 0 Å². The van der Waals surface area contributed by atoms with Crippen molar-refractivity contribution in [2.45, 2.75) is 13.5 Å². The maximum atomic E-state index is 14.0. The first-order chi connectivity index (χ1) is 15.1. The Kier molecular flexibility index (Phi) is 4.66. The molecule has 5 aromatic rings. The summed E-state index contributed by atoms with van der Waals surface area (Å²) >= 11 is 0. The van der Waals surface area contributed by atoms with Crippen molar-refractivity contribution in [2.75, 3.05) is 5.32 Å². The van der Waals surface area contributed by atoms with Gasteiger partial charge in [-0.2, -0.15) is 0 Å². The molecule has 1 aromatic carbocycles. The molecule has 0 aliphatic carbocycles. The molecule has 0 fully saturated rings. The van der Waals surface area contributed by atoms with Crippen LogP contribution in [0.15, 0.2) is 73.2 Å². The molecule has 6 nitrogen and oxygen atoms in total. The second-order valence-corrected chi connectivity index (χ2v) is 7.13. The van der Waals surface area contributed by atoms with Crippen molar-refractivity contribution in [1.82, 2.24) is 24.1 Å². The van der Waals surface area contributed by atoms with Crippen molar-refractivity contribution in [2.24, 2.45) is 0 Å². The topological polar surface area (TPSA) is 60.0 Å². The average Bonchev–Trinajstić information content (AvgIpc) is 3.40. The van der Waals surface area contributed by atoms with E-state index < -0.39 is 11.6 Å². The summed E-state index contributed by atoms with van der Waals surface area (Å²) < 4.78 is 31.6. The van der Waals surface area contributed by atoms with Crippen LogP contribution in [0.25, 0.3) is 22.7 Å². The number of aryl methyl sites for hydroxylation is 1. The molecule has 0 amide bonds. The molecule has 5 rings (SSSR count). The number of pyridine rings is 2. The fourth-order valence-corrected chi connectivity index (χ4v) is 3.45. The second-order valence-electron chi connectivity index (χ2n) is 7.13.